The van der Waals surface area contributed by atoms with Crippen LogP contribution < -0.4 is 5.73 Å². The lowest BCUT2D eigenvalue weighted by Crippen LogP contribution is -2.03. The Morgan fingerprint density at radius 2 is 1.90 bits per heavy atom. The summed E-state index contributed by atoms with van der Waals surface area (Å²) in [6.07, 6.45) is 0. The molecule has 1 aromatic heterocycles. The molecule has 0 amide bonds. The number of nitrogens with two attached hydrogens (primary N) is 1. The Labute approximate surface area is 117 Å². The summed E-state index contributed by atoms with van der Waals surface area (Å²) >= 11 is 0. The van der Waals surface area contributed by atoms with Crippen LogP contribution in [0.2, 0.25) is 0 Å². The highest BCUT2D eigenvalue weighted by Gasteiger charge is 2.05. The minimum absolute atomic E-state index is 0.544. The summed E-state index contributed by atoms with van der Waals surface area (Å²) in [5.41, 5.74) is 10.6. The van der Waals surface area contributed by atoms with Crippen molar-refractivity contribution in [3.8, 4) is 11.4 Å². The maximum atomic E-state index is 5.60. The van der Waals surface area contributed by atoms with Crippen molar-refractivity contribution in [1.29, 1.82) is 0 Å². The lowest BCUT2D eigenvalue weighted by atomic mass is 10.1. The van der Waals surface area contributed by atoms with E-state index in [-0.39, 0.29) is 0 Å². The van der Waals surface area contributed by atoms with Gasteiger partial charge in [0, 0.05) is 5.56 Å². The van der Waals surface area contributed by atoms with E-state index in [0.29, 0.717) is 5.84 Å². The van der Waals surface area contributed by atoms with Gasteiger partial charge in [-0.15, -0.1) is 0 Å². The fourth-order valence-corrected chi connectivity index (χ4v) is 2.12. The van der Waals surface area contributed by atoms with E-state index in [4.69, 9.17) is 5.73 Å². The monoisotopic (exact) mass is 264 g/mol. The van der Waals surface area contributed by atoms with E-state index in [9.17, 15) is 0 Å². The second-order valence-corrected chi connectivity index (χ2v) is 4.91. The number of aromatic amines is 1. The molecule has 0 fully saturated rings. The fraction of sp³-hybridized carbons (Fsp3) is 0.125. The summed E-state index contributed by atoms with van der Waals surface area (Å²) in [5, 5.41) is 0. The number of H-pyrrole nitrogens is 1. The van der Waals surface area contributed by atoms with E-state index in [1.165, 1.54) is 5.56 Å². The minimum atomic E-state index is 0.544. The van der Waals surface area contributed by atoms with Crippen LogP contribution >= 0.6 is 0 Å². The Hall–Kier alpha value is -2.62. The summed E-state index contributed by atoms with van der Waals surface area (Å²) in [4.78, 5) is 12.2. The topological polar surface area (TPSA) is 67.1 Å². The number of amidine groups is 1. The molecule has 4 nitrogen and oxygen atoms in total. The molecule has 0 saturated heterocycles. The molecule has 3 rings (SSSR count). The zero-order valence-electron chi connectivity index (χ0n) is 11.5. The van der Waals surface area contributed by atoms with E-state index in [1.54, 1.807) is 6.92 Å². The number of aliphatic imine (C=N–C) groups is 1. The molecule has 0 saturated carbocycles. The van der Waals surface area contributed by atoms with Crippen LogP contribution in [0.3, 0.4) is 0 Å². The van der Waals surface area contributed by atoms with Gasteiger partial charge in [0.15, 0.2) is 0 Å². The number of rotatable bonds is 2. The summed E-state index contributed by atoms with van der Waals surface area (Å²) in [5.74, 6) is 1.41. The zero-order valence-corrected chi connectivity index (χ0v) is 11.5. The molecule has 0 spiro atoms. The Morgan fingerprint density at radius 3 is 2.60 bits per heavy atom. The molecule has 0 aliphatic rings. The number of fused-ring (bicyclic) bond motifs is 1. The first-order chi connectivity index (χ1) is 9.61. The standard InChI is InChI=1S/C16H16N4/c1-10-3-5-12(6-4-10)16-19-14-8-7-13(18-11(2)17)9-15(14)20-16/h3-9H,1-2H3,(H2,17,18)(H,19,20). The van der Waals surface area contributed by atoms with Gasteiger partial charge in [0.2, 0.25) is 0 Å². The number of benzene rings is 2. The van der Waals surface area contributed by atoms with Crippen LogP contribution in [-0.4, -0.2) is 15.8 Å². The van der Waals surface area contributed by atoms with Crippen LogP contribution in [-0.2, 0) is 0 Å². The normalized spacial score (nSPS) is 12.0. The molecule has 1 heterocycles. The van der Waals surface area contributed by atoms with Crippen LogP contribution in [0.25, 0.3) is 22.4 Å². The number of hydrogen-bond donors (Lipinski definition) is 2. The highest BCUT2D eigenvalue weighted by atomic mass is 14.9. The predicted octanol–water partition coefficient (Wildman–Crippen LogP) is 3.55. The van der Waals surface area contributed by atoms with Gasteiger partial charge in [-0.3, -0.25) is 0 Å². The lowest BCUT2D eigenvalue weighted by molar-refractivity contribution is 1.33. The second kappa shape index (κ2) is 4.81. The van der Waals surface area contributed by atoms with Crippen molar-refractivity contribution in [3.05, 3.63) is 48.0 Å². The highest BCUT2D eigenvalue weighted by Crippen LogP contribution is 2.24. The van der Waals surface area contributed by atoms with E-state index >= 15 is 0 Å². The summed E-state index contributed by atoms with van der Waals surface area (Å²) in [6.45, 7) is 3.84. The van der Waals surface area contributed by atoms with Gasteiger partial charge in [0.1, 0.15) is 5.82 Å². The molecule has 4 heteroatoms. The van der Waals surface area contributed by atoms with Gasteiger partial charge in [-0.25, -0.2) is 9.98 Å². The molecule has 0 atom stereocenters. The van der Waals surface area contributed by atoms with Crippen molar-refractivity contribution in [2.45, 2.75) is 13.8 Å². The molecular formula is C16H16N4. The van der Waals surface area contributed by atoms with Gasteiger partial charge in [0.05, 0.1) is 22.6 Å². The first kappa shape index (κ1) is 12.4. The van der Waals surface area contributed by atoms with Gasteiger partial charge < -0.3 is 10.7 Å². The molecule has 0 unspecified atom stereocenters. The molecule has 0 radical (unpaired) electrons. The van der Waals surface area contributed by atoms with Crippen LogP contribution in [0.1, 0.15) is 12.5 Å². The van der Waals surface area contributed by atoms with Gasteiger partial charge >= 0.3 is 0 Å². The number of hydrogen-bond acceptors (Lipinski definition) is 2. The maximum absolute atomic E-state index is 5.60. The molecule has 3 aromatic rings. The highest BCUT2D eigenvalue weighted by molar-refractivity contribution is 5.85. The Kier molecular flexibility index (Phi) is 2.99. The number of aromatic nitrogens is 2. The molecule has 0 aliphatic carbocycles. The molecule has 100 valence electrons. The predicted molar refractivity (Wildman–Crippen MR) is 83.2 cm³/mol. The summed E-state index contributed by atoms with van der Waals surface area (Å²) < 4.78 is 0. The number of nitrogens with one attached hydrogen (secondary N) is 1. The lowest BCUT2D eigenvalue weighted by Gasteiger charge is -1.96. The SMILES string of the molecule is CC(N)=Nc1ccc2nc(-c3ccc(C)cc3)[nH]c2c1. The van der Waals surface area contributed by atoms with Crippen LogP contribution in [0.4, 0.5) is 5.69 Å². The van der Waals surface area contributed by atoms with E-state index in [2.05, 4.69) is 46.1 Å². The second-order valence-electron chi connectivity index (χ2n) is 4.91. The van der Waals surface area contributed by atoms with Crippen molar-refractivity contribution in [3.63, 3.8) is 0 Å². The zero-order chi connectivity index (χ0) is 14.1. The third kappa shape index (κ3) is 2.40. The van der Waals surface area contributed by atoms with Gasteiger partial charge in [-0.05, 0) is 32.0 Å². The molecule has 0 aliphatic heterocycles. The first-order valence-electron chi connectivity index (χ1n) is 6.49. The van der Waals surface area contributed by atoms with Gasteiger partial charge in [-0.1, -0.05) is 29.8 Å². The van der Waals surface area contributed by atoms with Crippen molar-refractivity contribution in [1.82, 2.24) is 9.97 Å². The van der Waals surface area contributed by atoms with Gasteiger partial charge in [0.25, 0.3) is 0 Å². The van der Waals surface area contributed by atoms with Crippen LogP contribution in [0, 0.1) is 6.92 Å². The Bertz CT molecular complexity index is 778. The quantitative estimate of drug-likeness (QED) is 0.549. The van der Waals surface area contributed by atoms with Gasteiger partial charge in [-0.2, -0.15) is 0 Å². The number of imidazole rings is 1. The molecular weight excluding hydrogens is 248 g/mol. The third-order valence-electron chi connectivity index (χ3n) is 3.10. The Balaban J connectivity index is 2.06. The van der Waals surface area contributed by atoms with Crippen LogP contribution in [0.5, 0.6) is 0 Å². The minimum Gasteiger partial charge on any atom is -0.387 e. The van der Waals surface area contributed by atoms with Crippen molar-refractivity contribution in [2.75, 3.05) is 0 Å². The number of aryl methyl sites for hydroxylation is 1. The van der Waals surface area contributed by atoms with Crippen LogP contribution in [0.15, 0.2) is 47.5 Å². The average Bonchev–Trinajstić information content (AvgIpc) is 2.81. The fourth-order valence-electron chi connectivity index (χ4n) is 2.12. The van der Waals surface area contributed by atoms with E-state index < -0.39 is 0 Å². The Morgan fingerprint density at radius 1 is 1.15 bits per heavy atom. The maximum Gasteiger partial charge on any atom is 0.138 e. The van der Waals surface area contributed by atoms with Crippen molar-refractivity contribution >= 4 is 22.6 Å². The number of nitrogens with zero attached hydrogens (tertiary/aromatic N) is 2. The van der Waals surface area contributed by atoms with Crippen molar-refractivity contribution in [2.24, 2.45) is 10.7 Å². The third-order valence-corrected chi connectivity index (χ3v) is 3.10. The molecule has 20 heavy (non-hydrogen) atoms. The smallest absolute Gasteiger partial charge is 0.138 e. The largest absolute Gasteiger partial charge is 0.387 e. The molecule has 0 bridgehead atoms. The van der Waals surface area contributed by atoms with Crippen molar-refractivity contribution < 1.29 is 0 Å². The first-order valence-corrected chi connectivity index (χ1v) is 6.49. The van der Waals surface area contributed by atoms with E-state index in [1.807, 2.05) is 18.2 Å². The summed E-state index contributed by atoms with van der Waals surface area (Å²) in [7, 11) is 0. The molecule has 2 aromatic carbocycles. The average molecular weight is 264 g/mol. The van der Waals surface area contributed by atoms with E-state index in [0.717, 1.165) is 28.1 Å². The molecule has 3 N–H and O–H groups in total. The summed E-state index contributed by atoms with van der Waals surface area (Å²) in [6, 6.07) is 14.1.